The lowest BCUT2D eigenvalue weighted by Crippen LogP contribution is -2.13. The molecule has 3 rings (SSSR count). The second-order valence-electron chi connectivity index (χ2n) is 4.03. The number of rotatable bonds is 1. The summed E-state index contributed by atoms with van der Waals surface area (Å²) in [6, 6.07) is 6.23. The second-order valence-corrected chi connectivity index (χ2v) is 4.65. The van der Waals surface area contributed by atoms with Crippen molar-refractivity contribution >= 4 is 12.2 Å². The molecule has 1 aliphatic heterocycles. The van der Waals surface area contributed by atoms with Crippen LogP contribution in [0.5, 0.6) is 5.75 Å². The molecular formula is C13H8F3NOS. The lowest BCUT2D eigenvalue weighted by atomic mass is 10.0. The molecule has 0 amide bonds. The van der Waals surface area contributed by atoms with Gasteiger partial charge in [0, 0.05) is 23.2 Å². The van der Waals surface area contributed by atoms with Crippen LogP contribution in [0.3, 0.4) is 0 Å². The zero-order valence-corrected chi connectivity index (χ0v) is 10.4. The Hall–Kier alpha value is -1.66. The summed E-state index contributed by atoms with van der Waals surface area (Å²) in [5.74, 6) is -2.15. The van der Waals surface area contributed by atoms with E-state index in [0.29, 0.717) is 17.9 Å². The third kappa shape index (κ3) is 2.17. The molecule has 2 nitrogen and oxygen atoms in total. The molecule has 2 aromatic rings. The van der Waals surface area contributed by atoms with Crippen molar-refractivity contribution in [1.29, 1.82) is 0 Å². The molecule has 0 aromatic heterocycles. The molecule has 1 aliphatic rings. The van der Waals surface area contributed by atoms with Crippen molar-refractivity contribution in [3.05, 3.63) is 53.3 Å². The number of halogens is 3. The van der Waals surface area contributed by atoms with E-state index >= 15 is 0 Å². The molecule has 98 valence electrons. The molecule has 0 fully saturated rings. The second kappa shape index (κ2) is 4.79. The molecule has 6 heteroatoms. The van der Waals surface area contributed by atoms with Crippen molar-refractivity contribution in [1.82, 2.24) is 4.72 Å². The van der Waals surface area contributed by atoms with Crippen LogP contribution in [0.1, 0.15) is 5.56 Å². The monoisotopic (exact) mass is 283 g/mol. The van der Waals surface area contributed by atoms with Gasteiger partial charge in [0.15, 0.2) is 17.4 Å². The Morgan fingerprint density at radius 1 is 1.11 bits per heavy atom. The van der Waals surface area contributed by atoms with E-state index in [-0.39, 0.29) is 11.1 Å². The molecular weight excluding hydrogens is 275 g/mol. The Morgan fingerprint density at radius 2 is 1.95 bits per heavy atom. The summed E-state index contributed by atoms with van der Waals surface area (Å²) >= 11 is 0.974. The summed E-state index contributed by atoms with van der Waals surface area (Å²) < 4.78 is 48.8. The number of hydrogen-bond donors (Lipinski definition) is 1. The van der Waals surface area contributed by atoms with Crippen LogP contribution in [0, 0.1) is 17.5 Å². The van der Waals surface area contributed by atoms with Gasteiger partial charge in [0.2, 0.25) is 0 Å². The minimum Gasteiger partial charge on any atom is -0.409 e. The van der Waals surface area contributed by atoms with Gasteiger partial charge in [-0.15, -0.1) is 0 Å². The standard InChI is InChI=1S/C13H8F3NOS/c14-8-4-7-6-17-19-18-13(7)10(5-8)9-2-1-3-11(15)12(9)16/h1-5,17H,6H2. The van der Waals surface area contributed by atoms with Crippen LogP contribution in [0.25, 0.3) is 11.1 Å². The lowest BCUT2D eigenvalue weighted by Gasteiger charge is -2.19. The summed E-state index contributed by atoms with van der Waals surface area (Å²) in [6.45, 7) is 0.391. The maximum atomic E-state index is 13.8. The van der Waals surface area contributed by atoms with Gasteiger partial charge in [-0.2, -0.15) is 0 Å². The highest BCUT2D eigenvalue weighted by molar-refractivity contribution is 7.93. The number of fused-ring (bicyclic) bond motifs is 1. The fraction of sp³-hybridized carbons (Fsp3) is 0.0769. The lowest BCUT2D eigenvalue weighted by molar-refractivity contribution is 0.510. The van der Waals surface area contributed by atoms with E-state index in [1.807, 2.05) is 0 Å². The average molecular weight is 283 g/mol. The molecule has 19 heavy (non-hydrogen) atoms. The number of hydrogen-bond acceptors (Lipinski definition) is 3. The first-order valence-electron chi connectivity index (χ1n) is 5.50. The third-order valence-corrected chi connectivity index (χ3v) is 3.33. The third-order valence-electron chi connectivity index (χ3n) is 2.82. The average Bonchev–Trinajstić information content (AvgIpc) is 2.41. The summed E-state index contributed by atoms with van der Waals surface area (Å²) in [5, 5.41) is 0. The molecule has 2 aromatic carbocycles. The minimum absolute atomic E-state index is 0.0155. The molecule has 0 radical (unpaired) electrons. The zero-order valence-electron chi connectivity index (χ0n) is 9.54. The normalized spacial score (nSPS) is 13.8. The van der Waals surface area contributed by atoms with Crippen molar-refractivity contribution in [3.8, 4) is 16.9 Å². The summed E-state index contributed by atoms with van der Waals surface area (Å²) in [7, 11) is 0. The SMILES string of the molecule is Fc1cc2c(c(-c3cccc(F)c3F)c1)OSNC2. The van der Waals surface area contributed by atoms with Gasteiger partial charge >= 0.3 is 0 Å². The molecule has 0 spiro atoms. The summed E-state index contributed by atoms with van der Waals surface area (Å²) in [5.41, 5.74) is 0.761. The van der Waals surface area contributed by atoms with Crippen LogP contribution < -0.4 is 8.91 Å². The summed E-state index contributed by atoms with van der Waals surface area (Å²) in [4.78, 5) is 0. The van der Waals surface area contributed by atoms with E-state index in [2.05, 4.69) is 4.72 Å². The number of benzene rings is 2. The first kappa shape index (κ1) is 12.4. The topological polar surface area (TPSA) is 21.3 Å². The van der Waals surface area contributed by atoms with E-state index in [1.54, 1.807) is 0 Å². The molecule has 0 atom stereocenters. The van der Waals surface area contributed by atoms with Gasteiger partial charge in [-0.05, 0) is 18.2 Å². The van der Waals surface area contributed by atoms with Gasteiger partial charge in [0.1, 0.15) is 18.0 Å². The van der Waals surface area contributed by atoms with Crippen LogP contribution >= 0.6 is 12.2 Å². The summed E-state index contributed by atoms with van der Waals surface area (Å²) in [6.07, 6.45) is 0. The highest BCUT2D eigenvalue weighted by Gasteiger charge is 2.21. The zero-order chi connectivity index (χ0) is 13.4. The molecule has 1 heterocycles. The van der Waals surface area contributed by atoms with Crippen LogP contribution in [0.15, 0.2) is 30.3 Å². The van der Waals surface area contributed by atoms with Crippen molar-refractivity contribution < 1.29 is 17.4 Å². The Morgan fingerprint density at radius 3 is 2.79 bits per heavy atom. The first-order valence-corrected chi connectivity index (χ1v) is 6.24. The van der Waals surface area contributed by atoms with E-state index in [1.165, 1.54) is 18.2 Å². The largest absolute Gasteiger partial charge is 0.409 e. The van der Waals surface area contributed by atoms with Gasteiger partial charge in [-0.3, -0.25) is 0 Å². The van der Waals surface area contributed by atoms with Gasteiger partial charge in [0.05, 0.1) is 0 Å². The molecule has 0 bridgehead atoms. The van der Waals surface area contributed by atoms with Crippen molar-refractivity contribution in [2.24, 2.45) is 0 Å². The first-order chi connectivity index (χ1) is 9.16. The Labute approximate surface area is 111 Å². The highest BCUT2D eigenvalue weighted by atomic mass is 32.2. The Bertz CT molecular complexity index is 648. The van der Waals surface area contributed by atoms with Gasteiger partial charge < -0.3 is 4.18 Å². The number of nitrogens with one attached hydrogen (secondary N) is 1. The maximum absolute atomic E-state index is 13.8. The molecule has 0 saturated heterocycles. The van der Waals surface area contributed by atoms with Crippen LogP contribution in [-0.4, -0.2) is 0 Å². The molecule has 1 N–H and O–H groups in total. The molecule has 0 saturated carbocycles. The van der Waals surface area contributed by atoms with E-state index in [4.69, 9.17) is 4.18 Å². The van der Waals surface area contributed by atoms with Crippen LogP contribution in [0.2, 0.25) is 0 Å². The molecule has 0 unspecified atom stereocenters. The van der Waals surface area contributed by atoms with Gasteiger partial charge in [-0.1, -0.05) is 12.1 Å². The van der Waals surface area contributed by atoms with E-state index in [0.717, 1.165) is 24.4 Å². The maximum Gasteiger partial charge on any atom is 0.166 e. The smallest absolute Gasteiger partial charge is 0.166 e. The Balaban J connectivity index is 2.24. The Kier molecular flexibility index (Phi) is 3.12. The van der Waals surface area contributed by atoms with Gasteiger partial charge in [0.25, 0.3) is 0 Å². The fourth-order valence-electron chi connectivity index (χ4n) is 1.97. The van der Waals surface area contributed by atoms with Crippen molar-refractivity contribution in [2.75, 3.05) is 0 Å². The predicted molar refractivity (Wildman–Crippen MR) is 66.8 cm³/mol. The molecule has 0 aliphatic carbocycles. The van der Waals surface area contributed by atoms with Crippen molar-refractivity contribution in [2.45, 2.75) is 6.54 Å². The van der Waals surface area contributed by atoms with Crippen molar-refractivity contribution in [3.63, 3.8) is 0 Å². The fourth-order valence-corrected chi connectivity index (χ4v) is 2.52. The minimum atomic E-state index is -1.01. The van der Waals surface area contributed by atoms with E-state index < -0.39 is 17.5 Å². The van der Waals surface area contributed by atoms with Crippen LogP contribution in [0.4, 0.5) is 13.2 Å². The predicted octanol–water partition coefficient (Wildman–Crippen LogP) is 3.82. The van der Waals surface area contributed by atoms with Crippen LogP contribution in [-0.2, 0) is 6.54 Å². The highest BCUT2D eigenvalue weighted by Crippen LogP contribution is 2.39. The quantitative estimate of drug-likeness (QED) is 0.635. The van der Waals surface area contributed by atoms with E-state index in [9.17, 15) is 13.2 Å². The van der Waals surface area contributed by atoms with Gasteiger partial charge in [-0.25, -0.2) is 17.9 Å².